The zero-order valence-corrected chi connectivity index (χ0v) is 21.3. The van der Waals surface area contributed by atoms with E-state index in [0.717, 1.165) is 29.3 Å². The molecule has 2 atom stereocenters. The fourth-order valence-corrected chi connectivity index (χ4v) is 5.67. The minimum Gasteiger partial charge on any atom is -0.326 e. The maximum atomic E-state index is 13.7. The van der Waals surface area contributed by atoms with Gasteiger partial charge in [-0.25, -0.2) is 4.79 Å². The molecular weight excluding hydrogens is 480 g/mol. The Kier molecular flexibility index (Phi) is 6.13. The zero-order valence-electron chi connectivity index (χ0n) is 21.3. The monoisotopic (exact) mass is 508 g/mol. The number of nitrogens with zero attached hydrogens (tertiary/aromatic N) is 3. The molecule has 2 unspecified atom stereocenters. The first-order valence-electron chi connectivity index (χ1n) is 11.8. The number of benzene rings is 2. The smallest absolute Gasteiger partial charge is 0.326 e. The predicted molar refractivity (Wildman–Crippen MR) is 135 cm³/mol. The Morgan fingerprint density at radius 3 is 2.14 bits per heavy atom. The molecule has 0 aromatic heterocycles. The number of non-ortho nitro benzene ring substituents is 2. The predicted octanol–water partition coefficient (Wildman–Crippen LogP) is 5.49. The highest BCUT2D eigenvalue weighted by Gasteiger charge is 2.71. The van der Waals surface area contributed by atoms with Crippen molar-refractivity contribution >= 4 is 34.7 Å². The molecule has 0 spiro atoms. The third-order valence-corrected chi connectivity index (χ3v) is 8.73. The number of carbonyl (C=O) groups is 2. The van der Waals surface area contributed by atoms with Crippen LogP contribution in [0.3, 0.4) is 0 Å². The highest BCUT2D eigenvalue weighted by Crippen LogP contribution is 2.71. The average Bonchev–Trinajstić information content (AvgIpc) is 3.15. The number of rotatable bonds is 6. The second kappa shape index (κ2) is 8.75. The minimum absolute atomic E-state index is 0.129. The van der Waals surface area contributed by atoms with Crippen LogP contribution in [-0.4, -0.2) is 27.4 Å². The van der Waals surface area contributed by atoms with Crippen molar-refractivity contribution in [2.75, 3.05) is 5.32 Å². The van der Waals surface area contributed by atoms with Gasteiger partial charge in [-0.1, -0.05) is 32.0 Å². The number of carbonyl (C=O) groups excluding carboxylic acids is 2. The number of nitro groups is 2. The first-order valence-corrected chi connectivity index (χ1v) is 11.8. The Bertz CT molecular complexity index is 1350. The number of fused-ring (bicyclic) bond motifs is 2. The molecular formula is C26H28N4O7. The van der Waals surface area contributed by atoms with E-state index in [0.29, 0.717) is 24.2 Å². The largest absolute Gasteiger partial charge is 0.366 e. The molecule has 0 radical (unpaired) electrons. The van der Waals surface area contributed by atoms with Crippen molar-refractivity contribution in [3.63, 3.8) is 0 Å². The van der Waals surface area contributed by atoms with Crippen molar-refractivity contribution in [1.29, 1.82) is 0 Å². The van der Waals surface area contributed by atoms with Crippen LogP contribution in [-0.2, 0) is 9.63 Å². The number of aryl methyl sites for hydroxylation is 2. The van der Waals surface area contributed by atoms with Crippen molar-refractivity contribution in [3.05, 3.63) is 73.3 Å². The number of anilines is 1. The van der Waals surface area contributed by atoms with E-state index in [1.54, 1.807) is 0 Å². The zero-order chi connectivity index (χ0) is 27.3. The van der Waals surface area contributed by atoms with Gasteiger partial charge in [0.05, 0.1) is 32.6 Å². The lowest BCUT2D eigenvalue weighted by atomic mass is 9.64. The van der Waals surface area contributed by atoms with Crippen molar-refractivity contribution in [2.45, 2.75) is 53.9 Å². The first-order chi connectivity index (χ1) is 17.2. The third-order valence-electron chi connectivity index (χ3n) is 8.73. The highest BCUT2D eigenvalue weighted by atomic mass is 16.7. The second-order valence-corrected chi connectivity index (χ2v) is 10.6. The molecule has 2 fully saturated rings. The Morgan fingerprint density at radius 2 is 1.57 bits per heavy atom. The topological polar surface area (TPSA) is 154 Å². The summed E-state index contributed by atoms with van der Waals surface area (Å²) >= 11 is 0. The van der Waals surface area contributed by atoms with Crippen LogP contribution >= 0.6 is 0 Å². The fraction of sp³-hybridized carbons (Fsp3) is 0.423. The molecule has 2 aliphatic rings. The summed E-state index contributed by atoms with van der Waals surface area (Å²) in [5.74, 6) is -1.19. The molecule has 194 valence electrons. The molecule has 0 saturated heterocycles. The lowest BCUT2D eigenvalue weighted by Gasteiger charge is -2.39. The number of nitro benzene ring substituents is 2. The molecule has 11 nitrogen and oxygen atoms in total. The van der Waals surface area contributed by atoms with Gasteiger partial charge in [0.25, 0.3) is 11.4 Å². The maximum Gasteiger partial charge on any atom is 0.366 e. The highest BCUT2D eigenvalue weighted by molar-refractivity contribution is 6.06. The second-order valence-electron chi connectivity index (χ2n) is 10.6. The van der Waals surface area contributed by atoms with Gasteiger partial charge in [-0.2, -0.15) is 0 Å². The van der Waals surface area contributed by atoms with Crippen LogP contribution in [0.5, 0.6) is 0 Å². The van der Waals surface area contributed by atoms with Crippen LogP contribution in [0.4, 0.5) is 17.1 Å². The van der Waals surface area contributed by atoms with E-state index >= 15 is 0 Å². The quantitative estimate of drug-likeness (QED) is 0.307. The standard InChI is InChI=1S/C26H28N4O7/c1-15-6-7-18(10-16(15)2)27-23(32)26-9-8-25(5,24(26,3)4)21(14-26)28-37-22(31)17-11-19(29(33)34)13-20(12-17)30(35)36/h6-7,10-13H,8-9,14H2,1-5H3,(H,27,32). The minimum atomic E-state index is -1.06. The lowest BCUT2D eigenvalue weighted by molar-refractivity contribution is -0.394. The summed E-state index contributed by atoms with van der Waals surface area (Å²) in [5, 5.41) is 29.5. The van der Waals surface area contributed by atoms with Crippen LogP contribution < -0.4 is 5.32 Å². The number of amides is 1. The van der Waals surface area contributed by atoms with Gasteiger partial charge in [0.15, 0.2) is 0 Å². The van der Waals surface area contributed by atoms with Gasteiger partial charge >= 0.3 is 5.97 Å². The Hall–Kier alpha value is -4.15. The van der Waals surface area contributed by atoms with Gasteiger partial charge in [-0.05, 0) is 55.4 Å². The molecule has 2 aliphatic carbocycles. The number of hydrogen-bond acceptors (Lipinski definition) is 8. The molecule has 2 bridgehead atoms. The van der Waals surface area contributed by atoms with E-state index in [2.05, 4.69) is 10.5 Å². The SMILES string of the molecule is Cc1ccc(NC(=O)C23CCC(C)(C(=NOC(=O)c4cc([N+](=O)[O-])cc([N+](=O)[O-])c4)C2)C3(C)C)cc1C. The normalized spacial score (nSPS) is 24.6. The number of oxime groups is 1. The summed E-state index contributed by atoms with van der Waals surface area (Å²) in [7, 11) is 0. The number of nitrogens with one attached hydrogen (secondary N) is 1. The molecule has 2 aromatic rings. The van der Waals surface area contributed by atoms with Crippen molar-refractivity contribution < 1.29 is 24.3 Å². The molecule has 1 N–H and O–H groups in total. The van der Waals surface area contributed by atoms with E-state index < -0.39 is 43.4 Å². The summed E-state index contributed by atoms with van der Waals surface area (Å²) < 4.78 is 0. The van der Waals surface area contributed by atoms with Crippen molar-refractivity contribution in [1.82, 2.24) is 0 Å². The van der Waals surface area contributed by atoms with Crippen molar-refractivity contribution in [3.8, 4) is 0 Å². The molecule has 0 heterocycles. The van der Waals surface area contributed by atoms with Gasteiger partial charge in [0.2, 0.25) is 5.91 Å². The molecule has 2 saturated carbocycles. The first kappa shape index (κ1) is 25.9. The van der Waals surface area contributed by atoms with Crippen LogP contribution in [0.1, 0.15) is 61.5 Å². The van der Waals surface area contributed by atoms with Crippen LogP contribution in [0.15, 0.2) is 41.6 Å². The van der Waals surface area contributed by atoms with Gasteiger partial charge in [-0.3, -0.25) is 25.0 Å². The van der Waals surface area contributed by atoms with E-state index in [1.165, 1.54) is 0 Å². The summed E-state index contributed by atoms with van der Waals surface area (Å²) in [6.45, 7) is 9.97. The van der Waals surface area contributed by atoms with Crippen molar-refractivity contribution in [2.24, 2.45) is 21.4 Å². The summed E-state index contributed by atoms with van der Waals surface area (Å²) in [6.07, 6.45) is 1.56. The van der Waals surface area contributed by atoms with Crippen LogP contribution in [0.25, 0.3) is 0 Å². The Labute approximate surface area is 213 Å². The van der Waals surface area contributed by atoms with Crippen LogP contribution in [0, 0.1) is 50.3 Å². The Balaban J connectivity index is 1.61. The van der Waals surface area contributed by atoms with Gasteiger partial charge < -0.3 is 10.2 Å². The molecule has 2 aromatic carbocycles. The molecule has 11 heteroatoms. The maximum absolute atomic E-state index is 13.7. The van der Waals surface area contributed by atoms with Gasteiger partial charge in [0.1, 0.15) is 0 Å². The molecule has 37 heavy (non-hydrogen) atoms. The van der Waals surface area contributed by atoms with E-state index in [9.17, 15) is 29.8 Å². The molecule has 0 aliphatic heterocycles. The van der Waals surface area contributed by atoms with Gasteiger partial charge in [-0.15, -0.1) is 0 Å². The Morgan fingerprint density at radius 1 is 0.946 bits per heavy atom. The van der Waals surface area contributed by atoms with Gasteiger partial charge in [0, 0.05) is 29.7 Å². The van der Waals surface area contributed by atoms with E-state index in [1.807, 2.05) is 52.8 Å². The third kappa shape index (κ3) is 4.04. The molecule has 1 amide bonds. The average molecular weight is 509 g/mol. The summed E-state index contributed by atoms with van der Waals surface area (Å²) in [5.41, 5.74) is 0.0116. The summed E-state index contributed by atoms with van der Waals surface area (Å²) in [6, 6.07) is 8.31. The van der Waals surface area contributed by atoms with E-state index in [4.69, 9.17) is 4.84 Å². The lowest BCUT2D eigenvalue weighted by Crippen LogP contribution is -2.43. The number of hydrogen-bond donors (Lipinski definition) is 1. The van der Waals surface area contributed by atoms with Crippen LogP contribution in [0.2, 0.25) is 0 Å². The van der Waals surface area contributed by atoms with E-state index in [-0.39, 0.29) is 17.9 Å². The summed E-state index contributed by atoms with van der Waals surface area (Å²) in [4.78, 5) is 52.1. The fourth-order valence-electron chi connectivity index (χ4n) is 5.67. The molecule has 4 rings (SSSR count).